The lowest BCUT2D eigenvalue weighted by atomic mass is 10.0. The second-order valence-corrected chi connectivity index (χ2v) is 7.26. The number of aryl methyl sites for hydroxylation is 1. The van der Waals surface area contributed by atoms with Crippen molar-refractivity contribution in [1.82, 2.24) is 0 Å². The van der Waals surface area contributed by atoms with E-state index in [9.17, 15) is 5.11 Å². The second kappa shape index (κ2) is 15.1. The molecular formula is C23H40O2. The summed E-state index contributed by atoms with van der Waals surface area (Å²) in [4.78, 5) is 0. The highest BCUT2D eigenvalue weighted by atomic mass is 16.5. The van der Waals surface area contributed by atoms with E-state index < -0.39 is 0 Å². The van der Waals surface area contributed by atoms with Gasteiger partial charge in [-0.3, -0.25) is 0 Å². The van der Waals surface area contributed by atoms with Crippen molar-refractivity contribution in [1.29, 1.82) is 0 Å². The van der Waals surface area contributed by atoms with Crippen LogP contribution >= 0.6 is 0 Å². The number of rotatable bonds is 16. The normalized spacial score (nSPS) is 11.0. The van der Waals surface area contributed by atoms with E-state index in [1.807, 2.05) is 13.0 Å². The van der Waals surface area contributed by atoms with Crippen LogP contribution in [0.25, 0.3) is 0 Å². The van der Waals surface area contributed by atoms with E-state index in [0.717, 1.165) is 12.2 Å². The molecule has 0 unspecified atom stereocenters. The van der Waals surface area contributed by atoms with Gasteiger partial charge in [0.25, 0.3) is 0 Å². The molecule has 0 saturated heterocycles. The molecule has 1 aromatic carbocycles. The molecule has 0 heterocycles. The summed E-state index contributed by atoms with van der Waals surface area (Å²) in [6.07, 6.45) is 19.0. The summed E-state index contributed by atoms with van der Waals surface area (Å²) in [5.41, 5.74) is 1.19. The molecule has 0 aliphatic rings. The number of ether oxygens (including phenoxy) is 1. The molecule has 144 valence electrons. The largest absolute Gasteiger partial charge is 0.508 e. The molecule has 1 rings (SSSR count). The Morgan fingerprint density at radius 1 is 0.680 bits per heavy atom. The van der Waals surface area contributed by atoms with Gasteiger partial charge in [0.15, 0.2) is 0 Å². The van der Waals surface area contributed by atoms with Crippen LogP contribution < -0.4 is 4.74 Å². The Balaban J connectivity index is 1.95. The molecule has 2 heteroatoms. The summed E-state index contributed by atoms with van der Waals surface area (Å²) in [5, 5.41) is 9.74. The van der Waals surface area contributed by atoms with Crippen molar-refractivity contribution in [3.63, 3.8) is 0 Å². The van der Waals surface area contributed by atoms with Crippen molar-refractivity contribution >= 4 is 0 Å². The molecule has 0 atom stereocenters. The summed E-state index contributed by atoms with van der Waals surface area (Å²) in [6, 6.07) is 5.61. The fraction of sp³-hybridized carbons (Fsp3) is 0.739. The highest BCUT2D eigenvalue weighted by Gasteiger charge is 2.01. The first-order chi connectivity index (χ1) is 12.3. The number of unbranched alkanes of at least 4 members (excludes halogenated alkanes) is 12. The van der Waals surface area contributed by atoms with E-state index in [1.54, 1.807) is 6.07 Å². The van der Waals surface area contributed by atoms with Gasteiger partial charge in [-0.25, -0.2) is 0 Å². The molecule has 0 aromatic heterocycles. The molecular weight excluding hydrogens is 308 g/mol. The minimum atomic E-state index is 0.315. The van der Waals surface area contributed by atoms with Gasteiger partial charge in [-0.2, -0.15) is 0 Å². The lowest BCUT2D eigenvalue weighted by Crippen LogP contribution is -1.93. The van der Waals surface area contributed by atoms with Crippen LogP contribution in [0.15, 0.2) is 18.2 Å². The third-order valence-electron chi connectivity index (χ3n) is 4.83. The van der Waals surface area contributed by atoms with Crippen LogP contribution in [-0.2, 0) is 6.42 Å². The van der Waals surface area contributed by atoms with Crippen molar-refractivity contribution in [2.45, 2.75) is 104 Å². The van der Waals surface area contributed by atoms with Crippen LogP contribution in [0.5, 0.6) is 11.5 Å². The quantitative estimate of drug-likeness (QED) is 0.315. The Bertz CT molecular complexity index is 428. The Hall–Kier alpha value is -1.18. The van der Waals surface area contributed by atoms with Crippen molar-refractivity contribution in [3.05, 3.63) is 23.8 Å². The van der Waals surface area contributed by atoms with Crippen molar-refractivity contribution in [2.75, 3.05) is 6.61 Å². The molecule has 0 amide bonds. The van der Waals surface area contributed by atoms with E-state index in [4.69, 9.17) is 4.74 Å². The third kappa shape index (κ3) is 11.9. The fourth-order valence-electron chi connectivity index (χ4n) is 3.38. The van der Waals surface area contributed by atoms with Gasteiger partial charge in [-0.05, 0) is 37.5 Å². The first-order valence-electron chi connectivity index (χ1n) is 10.7. The van der Waals surface area contributed by atoms with Crippen LogP contribution in [0.4, 0.5) is 0 Å². The number of phenols is 1. The summed E-state index contributed by atoms with van der Waals surface area (Å²) in [5.74, 6) is 1.10. The van der Waals surface area contributed by atoms with Crippen molar-refractivity contribution < 1.29 is 9.84 Å². The highest BCUT2D eigenvalue weighted by Crippen LogP contribution is 2.23. The van der Waals surface area contributed by atoms with E-state index in [2.05, 4.69) is 13.0 Å². The molecule has 0 aliphatic heterocycles. The summed E-state index contributed by atoms with van der Waals surface area (Å²) in [6.45, 7) is 4.89. The molecule has 0 saturated carbocycles. The van der Waals surface area contributed by atoms with Crippen molar-refractivity contribution in [3.8, 4) is 11.5 Å². The highest BCUT2D eigenvalue weighted by molar-refractivity contribution is 5.37. The maximum atomic E-state index is 9.74. The van der Waals surface area contributed by atoms with E-state index >= 15 is 0 Å². The number of benzene rings is 1. The van der Waals surface area contributed by atoms with Gasteiger partial charge < -0.3 is 9.84 Å². The summed E-state index contributed by atoms with van der Waals surface area (Å²) < 4.78 is 5.49. The molecule has 25 heavy (non-hydrogen) atoms. The molecule has 0 radical (unpaired) electrons. The second-order valence-electron chi connectivity index (χ2n) is 7.26. The molecule has 0 aliphatic carbocycles. The predicted octanol–water partition coefficient (Wildman–Crippen LogP) is 7.42. The Kier molecular flexibility index (Phi) is 13.2. The average Bonchev–Trinajstić information content (AvgIpc) is 2.59. The first kappa shape index (κ1) is 21.9. The number of hydrogen-bond acceptors (Lipinski definition) is 2. The van der Waals surface area contributed by atoms with Crippen LogP contribution in [-0.4, -0.2) is 11.7 Å². The molecule has 1 N–H and O–H groups in total. The van der Waals surface area contributed by atoms with Gasteiger partial charge in [-0.1, -0.05) is 84.0 Å². The molecule has 2 nitrogen and oxygen atoms in total. The standard InChI is InChI=1S/C23H40O2/c1-3-5-6-7-8-9-10-11-12-13-14-15-16-17-21-18-22(24)20-23(19-21)25-4-2/h18-20,24H,3-17H2,1-2H3. The van der Waals surface area contributed by atoms with Crippen molar-refractivity contribution in [2.24, 2.45) is 0 Å². The SMILES string of the molecule is CCCCCCCCCCCCCCCc1cc(O)cc(OCC)c1. The van der Waals surface area contributed by atoms with Crippen LogP contribution in [0.1, 0.15) is 103 Å². The molecule has 1 aromatic rings. The van der Waals surface area contributed by atoms with Crippen LogP contribution in [0.2, 0.25) is 0 Å². The van der Waals surface area contributed by atoms with Gasteiger partial charge in [0.05, 0.1) is 6.61 Å². The lowest BCUT2D eigenvalue weighted by molar-refractivity contribution is 0.337. The van der Waals surface area contributed by atoms with E-state index in [-0.39, 0.29) is 0 Å². The maximum Gasteiger partial charge on any atom is 0.123 e. The maximum absolute atomic E-state index is 9.74. The monoisotopic (exact) mass is 348 g/mol. The smallest absolute Gasteiger partial charge is 0.123 e. The minimum Gasteiger partial charge on any atom is -0.508 e. The number of phenolic OH excluding ortho intramolecular Hbond substituents is 1. The Morgan fingerprint density at radius 3 is 1.72 bits per heavy atom. The van der Waals surface area contributed by atoms with Crippen LogP contribution in [0, 0.1) is 0 Å². The Labute approximate surface area is 156 Å². The van der Waals surface area contributed by atoms with Gasteiger partial charge >= 0.3 is 0 Å². The zero-order chi connectivity index (χ0) is 18.2. The summed E-state index contributed by atoms with van der Waals surface area (Å²) in [7, 11) is 0. The minimum absolute atomic E-state index is 0.315. The zero-order valence-electron chi connectivity index (χ0n) is 16.7. The van der Waals surface area contributed by atoms with Gasteiger partial charge in [0.1, 0.15) is 11.5 Å². The predicted molar refractivity (Wildman–Crippen MR) is 109 cm³/mol. The molecule has 0 spiro atoms. The van der Waals surface area contributed by atoms with Gasteiger partial charge in [-0.15, -0.1) is 0 Å². The van der Waals surface area contributed by atoms with E-state index in [0.29, 0.717) is 12.4 Å². The number of hydrogen-bond donors (Lipinski definition) is 1. The topological polar surface area (TPSA) is 29.5 Å². The van der Waals surface area contributed by atoms with Crippen LogP contribution in [0.3, 0.4) is 0 Å². The zero-order valence-corrected chi connectivity index (χ0v) is 16.7. The average molecular weight is 349 g/mol. The van der Waals surface area contributed by atoms with Gasteiger partial charge in [0.2, 0.25) is 0 Å². The molecule has 0 fully saturated rings. The van der Waals surface area contributed by atoms with E-state index in [1.165, 1.54) is 89.0 Å². The van der Waals surface area contributed by atoms with Gasteiger partial charge in [0, 0.05) is 6.07 Å². The fourth-order valence-corrected chi connectivity index (χ4v) is 3.38. The number of aromatic hydroxyl groups is 1. The summed E-state index contributed by atoms with van der Waals surface area (Å²) >= 11 is 0. The first-order valence-corrected chi connectivity index (χ1v) is 10.7. The Morgan fingerprint density at radius 2 is 1.20 bits per heavy atom. The molecule has 0 bridgehead atoms. The third-order valence-corrected chi connectivity index (χ3v) is 4.83. The lowest BCUT2D eigenvalue weighted by Gasteiger charge is -2.08.